The fraction of sp³-hybridized carbons (Fsp3) is 0.632. The second-order valence-corrected chi connectivity index (χ2v) is 6.69. The first-order valence-corrected chi connectivity index (χ1v) is 9.31. The average Bonchev–Trinajstić information content (AvgIpc) is 2.57. The number of hydrogen-bond donors (Lipinski definition) is 1. The molecule has 2 rings (SSSR count). The molecule has 1 N–H and O–H groups in total. The maximum Gasteiger partial charge on any atom is 0.184 e. The molecular weight excluding hydrogens is 308 g/mol. The molecule has 0 bridgehead atoms. The van der Waals surface area contributed by atoms with E-state index in [0.717, 1.165) is 31.5 Å². The SMILES string of the molecule is C=C1C=C(N2CCCCC2)C=CC1C(CCCCl)C(=N)OCC. The van der Waals surface area contributed by atoms with Gasteiger partial charge in [0.25, 0.3) is 0 Å². The minimum absolute atomic E-state index is 0.0385. The topological polar surface area (TPSA) is 36.3 Å². The summed E-state index contributed by atoms with van der Waals surface area (Å²) in [6.45, 7) is 9.01. The Kier molecular flexibility index (Phi) is 7.22. The van der Waals surface area contributed by atoms with Gasteiger partial charge in [-0.3, -0.25) is 5.41 Å². The van der Waals surface area contributed by atoms with Crippen LogP contribution in [-0.2, 0) is 4.74 Å². The van der Waals surface area contributed by atoms with Gasteiger partial charge in [-0.05, 0) is 56.8 Å². The third-order valence-corrected chi connectivity index (χ3v) is 4.94. The summed E-state index contributed by atoms with van der Waals surface area (Å²) in [7, 11) is 0. The van der Waals surface area contributed by atoms with Crippen LogP contribution in [0.4, 0.5) is 0 Å². The predicted molar refractivity (Wildman–Crippen MR) is 98.1 cm³/mol. The quantitative estimate of drug-likeness (QED) is 0.414. The molecule has 2 aliphatic rings. The van der Waals surface area contributed by atoms with Crippen molar-refractivity contribution in [3.05, 3.63) is 36.1 Å². The molecule has 1 aliphatic carbocycles. The van der Waals surface area contributed by atoms with Crippen molar-refractivity contribution in [1.82, 2.24) is 4.90 Å². The largest absolute Gasteiger partial charge is 0.481 e. The van der Waals surface area contributed by atoms with Gasteiger partial charge >= 0.3 is 0 Å². The number of nitrogens with one attached hydrogen (secondary N) is 1. The van der Waals surface area contributed by atoms with Crippen molar-refractivity contribution < 1.29 is 4.74 Å². The number of nitrogens with zero attached hydrogens (tertiary/aromatic N) is 1. The van der Waals surface area contributed by atoms with Gasteiger partial charge < -0.3 is 9.64 Å². The molecular formula is C19H29ClN2O. The molecule has 0 saturated carbocycles. The highest BCUT2D eigenvalue weighted by atomic mass is 35.5. The van der Waals surface area contributed by atoms with E-state index in [1.807, 2.05) is 6.92 Å². The predicted octanol–water partition coefficient (Wildman–Crippen LogP) is 4.75. The zero-order chi connectivity index (χ0) is 16.7. The van der Waals surface area contributed by atoms with Crippen LogP contribution in [0.3, 0.4) is 0 Å². The summed E-state index contributed by atoms with van der Waals surface area (Å²) >= 11 is 5.86. The Morgan fingerprint density at radius 1 is 1.43 bits per heavy atom. The highest BCUT2D eigenvalue weighted by molar-refractivity contribution is 6.17. The minimum atomic E-state index is 0.0385. The lowest BCUT2D eigenvalue weighted by atomic mass is 9.80. The third kappa shape index (κ3) is 4.87. The molecule has 1 fully saturated rings. The molecule has 0 aromatic carbocycles. The second-order valence-electron chi connectivity index (χ2n) is 6.31. The molecule has 0 aromatic rings. The van der Waals surface area contributed by atoms with E-state index < -0.39 is 0 Å². The van der Waals surface area contributed by atoms with Gasteiger partial charge in [0, 0.05) is 36.5 Å². The molecule has 0 spiro atoms. The van der Waals surface area contributed by atoms with Crippen LogP contribution in [0.15, 0.2) is 36.1 Å². The van der Waals surface area contributed by atoms with Crippen molar-refractivity contribution >= 4 is 17.5 Å². The lowest BCUT2D eigenvalue weighted by molar-refractivity contribution is 0.278. The third-order valence-electron chi connectivity index (χ3n) is 4.68. The van der Waals surface area contributed by atoms with E-state index in [0.29, 0.717) is 18.4 Å². The minimum Gasteiger partial charge on any atom is -0.481 e. The zero-order valence-corrected chi connectivity index (χ0v) is 14.9. The van der Waals surface area contributed by atoms with Crippen molar-refractivity contribution in [1.29, 1.82) is 5.41 Å². The van der Waals surface area contributed by atoms with Crippen molar-refractivity contribution in [3.63, 3.8) is 0 Å². The molecule has 2 unspecified atom stereocenters. The van der Waals surface area contributed by atoms with Crippen molar-refractivity contribution in [3.8, 4) is 0 Å². The fourth-order valence-corrected chi connectivity index (χ4v) is 3.59. The normalized spacial score (nSPS) is 22.7. The molecule has 0 radical (unpaired) electrons. The van der Waals surface area contributed by atoms with E-state index in [-0.39, 0.29) is 11.8 Å². The number of likely N-dealkylation sites (tertiary alicyclic amines) is 1. The van der Waals surface area contributed by atoms with Gasteiger partial charge in [-0.1, -0.05) is 12.7 Å². The summed E-state index contributed by atoms with van der Waals surface area (Å²) in [5.74, 6) is 1.17. The van der Waals surface area contributed by atoms with Crippen LogP contribution >= 0.6 is 11.6 Å². The number of hydrogen-bond acceptors (Lipinski definition) is 3. The summed E-state index contributed by atoms with van der Waals surface area (Å²) in [5.41, 5.74) is 2.35. The number of piperidine rings is 1. The maximum atomic E-state index is 8.23. The molecule has 1 heterocycles. The lowest BCUT2D eigenvalue weighted by Gasteiger charge is -2.34. The average molecular weight is 337 g/mol. The van der Waals surface area contributed by atoms with Gasteiger partial charge in [0.2, 0.25) is 0 Å². The molecule has 4 heteroatoms. The number of halogens is 1. The highest BCUT2D eigenvalue weighted by Gasteiger charge is 2.28. The molecule has 1 aliphatic heterocycles. The van der Waals surface area contributed by atoms with E-state index in [4.69, 9.17) is 21.7 Å². The lowest BCUT2D eigenvalue weighted by Crippen LogP contribution is -2.31. The standard InChI is InChI=1S/C19H29ClN2O/c1-3-23-19(21)18(8-7-11-20)17-10-9-16(14-15(17)2)22-12-5-4-6-13-22/h9-10,14,17-18,21H,2-8,11-13H2,1H3. The van der Waals surface area contributed by atoms with Crippen LogP contribution in [0.2, 0.25) is 0 Å². The van der Waals surface area contributed by atoms with Crippen LogP contribution in [0.5, 0.6) is 0 Å². The molecule has 3 nitrogen and oxygen atoms in total. The van der Waals surface area contributed by atoms with Gasteiger partial charge in [0.1, 0.15) is 0 Å². The molecule has 2 atom stereocenters. The summed E-state index contributed by atoms with van der Waals surface area (Å²) in [6, 6.07) is 0. The Morgan fingerprint density at radius 2 is 2.17 bits per heavy atom. The highest BCUT2D eigenvalue weighted by Crippen LogP contribution is 2.33. The van der Waals surface area contributed by atoms with Crippen molar-refractivity contribution in [2.45, 2.75) is 39.0 Å². The van der Waals surface area contributed by atoms with E-state index in [9.17, 15) is 0 Å². The summed E-state index contributed by atoms with van der Waals surface area (Å²) in [5, 5.41) is 8.23. The van der Waals surface area contributed by atoms with Gasteiger partial charge in [0.15, 0.2) is 5.90 Å². The Bertz CT molecular complexity index is 478. The molecule has 23 heavy (non-hydrogen) atoms. The molecule has 0 amide bonds. The first-order chi connectivity index (χ1) is 11.2. The molecule has 128 valence electrons. The van der Waals surface area contributed by atoms with Gasteiger partial charge in [-0.2, -0.15) is 0 Å². The van der Waals surface area contributed by atoms with Crippen molar-refractivity contribution in [2.24, 2.45) is 11.8 Å². The Balaban J connectivity index is 2.07. The van der Waals surface area contributed by atoms with Crippen LogP contribution in [0, 0.1) is 17.2 Å². The van der Waals surface area contributed by atoms with Crippen LogP contribution < -0.4 is 0 Å². The van der Waals surface area contributed by atoms with Crippen LogP contribution in [0.25, 0.3) is 0 Å². The van der Waals surface area contributed by atoms with Crippen LogP contribution in [0.1, 0.15) is 39.0 Å². The van der Waals surface area contributed by atoms with Gasteiger partial charge in [0.05, 0.1) is 6.61 Å². The number of ether oxygens (including phenoxy) is 1. The maximum absolute atomic E-state index is 8.23. The molecule has 0 aromatic heterocycles. The van der Waals surface area contributed by atoms with E-state index in [1.54, 1.807) is 0 Å². The summed E-state index contributed by atoms with van der Waals surface area (Å²) in [4.78, 5) is 2.45. The number of rotatable bonds is 7. The van der Waals surface area contributed by atoms with Crippen LogP contribution in [-0.4, -0.2) is 36.4 Å². The monoisotopic (exact) mass is 336 g/mol. The van der Waals surface area contributed by atoms with E-state index in [1.165, 1.54) is 25.0 Å². The van der Waals surface area contributed by atoms with E-state index in [2.05, 4.69) is 29.7 Å². The zero-order valence-electron chi connectivity index (χ0n) is 14.2. The summed E-state index contributed by atoms with van der Waals surface area (Å²) in [6.07, 6.45) is 12.2. The number of alkyl halides is 1. The first kappa shape index (κ1) is 18.1. The number of allylic oxidation sites excluding steroid dienone is 4. The second kappa shape index (κ2) is 9.17. The first-order valence-electron chi connectivity index (χ1n) is 8.78. The van der Waals surface area contributed by atoms with Gasteiger partial charge in [-0.15, -0.1) is 11.6 Å². The Morgan fingerprint density at radius 3 is 2.78 bits per heavy atom. The van der Waals surface area contributed by atoms with E-state index >= 15 is 0 Å². The smallest absolute Gasteiger partial charge is 0.184 e. The fourth-order valence-electron chi connectivity index (χ4n) is 3.43. The summed E-state index contributed by atoms with van der Waals surface area (Å²) < 4.78 is 5.48. The van der Waals surface area contributed by atoms with Crippen molar-refractivity contribution in [2.75, 3.05) is 25.6 Å². The Labute approximate surface area is 145 Å². The molecule has 1 saturated heterocycles. The van der Waals surface area contributed by atoms with Gasteiger partial charge in [-0.25, -0.2) is 0 Å². The Hall–Kier alpha value is -1.22.